The Morgan fingerprint density at radius 2 is 2.29 bits per heavy atom. The molecule has 2 N–H and O–H groups in total. The zero-order valence-corrected chi connectivity index (χ0v) is 12.0. The molecule has 0 unspecified atom stereocenters. The molecule has 1 amide bonds. The zero-order valence-electron chi connectivity index (χ0n) is 11.2. The summed E-state index contributed by atoms with van der Waals surface area (Å²) >= 11 is 1.53. The fraction of sp³-hybridized carbons (Fsp3) is 0.200. The minimum Gasteiger partial charge on any atom is -0.463 e. The number of amides is 1. The van der Waals surface area contributed by atoms with E-state index in [-0.39, 0.29) is 5.91 Å². The van der Waals surface area contributed by atoms with E-state index in [4.69, 9.17) is 4.42 Å². The van der Waals surface area contributed by atoms with Crippen molar-refractivity contribution in [2.24, 2.45) is 0 Å². The van der Waals surface area contributed by atoms with E-state index in [1.54, 1.807) is 0 Å². The number of para-hydroxylation sites is 1. The molecule has 0 spiro atoms. The van der Waals surface area contributed by atoms with Gasteiger partial charge in [0.25, 0.3) is 5.91 Å². The van der Waals surface area contributed by atoms with Crippen LogP contribution < -0.4 is 10.6 Å². The Hall–Kier alpha value is -2.18. The van der Waals surface area contributed by atoms with Crippen molar-refractivity contribution in [3.8, 4) is 0 Å². The van der Waals surface area contributed by atoms with Gasteiger partial charge < -0.3 is 9.73 Å². The second-order valence-electron chi connectivity index (χ2n) is 4.92. The summed E-state index contributed by atoms with van der Waals surface area (Å²) in [5, 5.41) is 7.65. The molecule has 2 aromatic heterocycles. The monoisotopic (exact) mass is 299 g/mol. The number of thiazole rings is 1. The highest BCUT2D eigenvalue weighted by Gasteiger charge is 2.18. The van der Waals surface area contributed by atoms with Gasteiger partial charge in [-0.3, -0.25) is 10.1 Å². The van der Waals surface area contributed by atoms with Crippen molar-refractivity contribution in [3.63, 3.8) is 0 Å². The summed E-state index contributed by atoms with van der Waals surface area (Å²) in [4.78, 5) is 18.1. The number of nitrogens with zero attached hydrogens (tertiary/aromatic N) is 1. The lowest BCUT2D eigenvalue weighted by Crippen LogP contribution is -2.22. The Kier molecular flexibility index (Phi) is 2.98. The van der Waals surface area contributed by atoms with Gasteiger partial charge in [-0.25, -0.2) is 4.98 Å². The number of furan rings is 1. The summed E-state index contributed by atoms with van der Waals surface area (Å²) in [5.41, 5.74) is 2.34. The SMILES string of the molecule is O=C(Nc1nc2c(s1)CNCC2)c1coc2ccccc12. The third-order valence-electron chi connectivity index (χ3n) is 3.55. The standard InChI is InChI=1S/C15H13N3O2S/c19-14(10-8-20-12-4-2-1-3-9(10)12)18-15-17-11-5-6-16-7-13(11)21-15/h1-4,8,16H,5-7H2,(H,17,18,19). The average molecular weight is 299 g/mol. The number of hydrogen-bond donors (Lipinski definition) is 2. The number of hydrogen-bond acceptors (Lipinski definition) is 5. The number of rotatable bonds is 2. The molecule has 106 valence electrons. The quantitative estimate of drug-likeness (QED) is 0.763. The molecular formula is C15H13N3O2S. The molecule has 5 nitrogen and oxygen atoms in total. The van der Waals surface area contributed by atoms with Gasteiger partial charge in [0, 0.05) is 29.8 Å². The van der Waals surface area contributed by atoms with Crippen molar-refractivity contribution < 1.29 is 9.21 Å². The fourth-order valence-electron chi connectivity index (χ4n) is 2.50. The highest BCUT2D eigenvalue weighted by atomic mass is 32.1. The van der Waals surface area contributed by atoms with E-state index in [0.717, 1.165) is 30.6 Å². The molecule has 0 atom stereocenters. The van der Waals surface area contributed by atoms with E-state index in [9.17, 15) is 4.79 Å². The lowest BCUT2D eigenvalue weighted by molar-refractivity contribution is 0.102. The maximum Gasteiger partial charge on any atom is 0.261 e. The third-order valence-corrected chi connectivity index (χ3v) is 4.56. The number of benzene rings is 1. The summed E-state index contributed by atoms with van der Waals surface area (Å²) in [7, 11) is 0. The molecule has 4 rings (SSSR count). The second-order valence-corrected chi connectivity index (χ2v) is 6.00. The number of aromatic nitrogens is 1. The number of anilines is 1. The minimum absolute atomic E-state index is 0.181. The summed E-state index contributed by atoms with van der Waals surface area (Å²) in [5.74, 6) is -0.181. The molecular weight excluding hydrogens is 286 g/mol. The maximum absolute atomic E-state index is 12.4. The molecule has 0 radical (unpaired) electrons. The molecule has 0 saturated heterocycles. The van der Waals surface area contributed by atoms with Gasteiger partial charge in [0.15, 0.2) is 5.13 Å². The lowest BCUT2D eigenvalue weighted by atomic mass is 10.2. The fourth-order valence-corrected chi connectivity index (χ4v) is 3.47. The highest BCUT2D eigenvalue weighted by molar-refractivity contribution is 7.15. The van der Waals surface area contributed by atoms with E-state index >= 15 is 0 Å². The number of carbonyl (C=O) groups excluding carboxylic acids is 1. The first-order valence-corrected chi connectivity index (χ1v) is 7.60. The summed E-state index contributed by atoms with van der Waals surface area (Å²) < 4.78 is 5.40. The van der Waals surface area contributed by atoms with Gasteiger partial charge in [0.05, 0.1) is 11.3 Å². The predicted octanol–water partition coefficient (Wildman–Crippen LogP) is 2.79. The van der Waals surface area contributed by atoms with Crippen molar-refractivity contribution in [1.82, 2.24) is 10.3 Å². The molecule has 1 aromatic carbocycles. The molecule has 6 heteroatoms. The topological polar surface area (TPSA) is 67.2 Å². The van der Waals surface area contributed by atoms with E-state index in [1.807, 2.05) is 24.3 Å². The van der Waals surface area contributed by atoms with Crippen molar-refractivity contribution in [1.29, 1.82) is 0 Å². The molecule has 21 heavy (non-hydrogen) atoms. The molecule has 0 fully saturated rings. The van der Waals surface area contributed by atoms with Crippen LogP contribution in [0.15, 0.2) is 34.9 Å². The van der Waals surface area contributed by atoms with Crippen LogP contribution in [0.2, 0.25) is 0 Å². The third kappa shape index (κ3) is 2.22. The Bertz CT molecular complexity index is 798. The first kappa shape index (κ1) is 12.6. The Morgan fingerprint density at radius 3 is 3.19 bits per heavy atom. The van der Waals surface area contributed by atoms with Gasteiger partial charge in [-0.1, -0.05) is 18.2 Å². The minimum atomic E-state index is -0.181. The van der Waals surface area contributed by atoms with Gasteiger partial charge in [0.2, 0.25) is 0 Å². The first-order chi connectivity index (χ1) is 10.3. The molecule has 1 aliphatic rings. The van der Waals surface area contributed by atoms with Crippen LogP contribution in [0.1, 0.15) is 20.9 Å². The van der Waals surface area contributed by atoms with Crippen LogP contribution in [0.3, 0.4) is 0 Å². The van der Waals surface area contributed by atoms with Crippen molar-refractivity contribution in [3.05, 3.63) is 46.7 Å². The molecule has 0 bridgehead atoms. The number of nitrogens with one attached hydrogen (secondary N) is 2. The van der Waals surface area contributed by atoms with Gasteiger partial charge >= 0.3 is 0 Å². The second kappa shape index (κ2) is 4.98. The van der Waals surface area contributed by atoms with E-state index in [1.165, 1.54) is 22.5 Å². The van der Waals surface area contributed by atoms with Crippen LogP contribution in [0.4, 0.5) is 5.13 Å². The van der Waals surface area contributed by atoms with Crippen LogP contribution in [-0.4, -0.2) is 17.4 Å². The number of fused-ring (bicyclic) bond motifs is 2. The largest absolute Gasteiger partial charge is 0.463 e. The first-order valence-electron chi connectivity index (χ1n) is 6.78. The van der Waals surface area contributed by atoms with Gasteiger partial charge in [-0.15, -0.1) is 11.3 Å². The Balaban J connectivity index is 1.62. The summed E-state index contributed by atoms with van der Waals surface area (Å²) in [6.45, 7) is 1.77. The normalized spacial score (nSPS) is 14.1. The smallest absolute Gasteiger partial charge is 0.261 e. The van der Waals surface area contributed by atoms with Gasteiger partial charge in [-0.05, 0) is 6.07 Å². The van der Waals surface area contributed by atoms with Crippen LogP contribution in [-0.2, 0) is 13.0 Å². The van der Waals surface area contributed by atoms with E-state index < -0.39 is 0 Å². The zero-order chi connectivity index (χ0) is 14.2. The van der Waals surface area contributed by atoms with E-state index in [0.29, 0.717) is 16.3 Å². The molecule has 3 heterocycles. The average Bonchev–Trinajstić information content (AvgIpc) is 3.10. The highest BCUT2D eigenvalue weighted by Crippen LogP contribution is 2.27. The number of carbonyl (C=O) groups is 1. The van der Waals surface area contributed by atoms with Gasteiger partial charge in [-0.2, -0.15) is 0 Å². The van der Waals surface area contributed by atoms with Crippen molar-refractivity contribution in [2.45, 2.75) is 13.0 Å². The molecule has 0 saturated carbocycles. The molecule has 1 aliphatic heterocycles. The van der Waals surface area contributed by atoms with Crippen LogP contribution in [0, 0.1) is 0 Å². The lowest BCUT2D eigenvalue weighted by Gasteiger charge is -2.09. The predicted molar refractivity (Wildman–Crippen MR) is 81.7 cm³/mol. The molecule has 3 aromatic rings. The van der Waals surface area contributed by atoms with Crippen molar-refractivity contribution in [2.75, 3.05) is 11.9 Å². The van der Waals surface area contributed by atoms with Crippen LogP contribution >= 0.6 is 11.3 Å². The van der Waals surface area contributed by atoms with Crippen LogP contribution in [0.25, 0.3) is 11.0 Å². The van der Waals surface area contributed by atoms with Crippen molar-refractivity contribution >= 4 is 33.3 Å². The Morgan fingerprint density at radius 1 is 1.38 bits per heavy atom. The van der Waals surface area contributed by atoms with Gasteiger partial charge in [0.1, 0.15) is 11.8 Å². The molecule has 0 aliphatic carbocycles. The summed E-state index contributed by atoms with van der Waals surface area (Å²) in [6, 6.07) is 7.50. The Labute approximate surface area is 125 Å². The van der Waals surface area contributed by atoms with Crippen LogP contribution in [0.5, 0.6) is 0 Å². The summed E-state index contributed by atoms with van der Waals surface area (Å²) in [6.07, 6.45) is 2.41. The van der Waals surface area contributed by atoms with E-state index in [2.05, 4.69) is 15.6 Å². The maximum atomic E-state index is 12.4.